The molecular formula is C14H27ClN2O. The number of hydrogen-bond acceptors (Lipinski definition) is 2. The summed E-state index contributed by atoms with van der Waals surface area (Å²) in [7, 11) is 0. The minimum Gasteiger partial charge on any atom is -0.341 e. The molecule has 1 spiro atoms. The van der Waals surface area contributed by atoms with Gasteiger partial charge < -0.3 is 10.6 Å². The molecule has 1 aliphatic carbocycles. The van der Waals surface area contributed by atoms with Crippen LogP contribution in [0.5, 0.6) is 0 Å². The largest absolute Gasteiger partial charge is 0.341 e. The van der Waals surface area contributed by atoms with E-state index in [1.807, 2.05) is 18.7 Å². The fraction of sp³-hybridized carbons (Fsp3) is 0.929. The summed E-state index contributed by atoms with van der Waals surface area (Å²) in [6, 6.07) is -0.311. The first-order valence-electron chi connectivity index (χ1n) is 7.08. The van der Waals surface area contributed by atoms with Crippen LogP contribution in [0.4, 0.5) is 0 Å². The predicted octanol–water partition coefficient (Wildman–Crippen LogP) is 2.57. The highest BCUT2D eigenvalue weighted by Gasteiger charge is 2.41. The van der Waals surface area contributed by atoms with Crippen LogP contribution >= 0.6 is 12.4 Å². The second-order valence-electron chi connectivity index (χ2n) is 6.34. The van der Waals surface area contributed by atoms with E-state index in [1.54, 1.807) is 0 Å². The van der Waals surface area contributed by atoms with Gasteiger partial charge in [-0.3, -0.25) is 4.79 Å². The molecule has 2 N–H and O–H groups in total. The molecule has 4 heteroatoms. The van der Waals surface area contributed by atoms with Crippen LogP contribution in [-0.2, 0) is 4.79 Å². The fourth-order valence-electron chi connectivity index (χ4n) is 3.33. The lowest BCUT2D eigenvalue weighted by atomic mass is 9.73. The molecule has 3 nitrogen and oxygen atoms in total. The highest BCUT2D eigenvalue weighted by atomic mass is 35.5. The minimum atomic E-state index is -0.311. The van der Waals surface area contributed by atoms with Crippen molar-refractivity contribution in [1.82, 2.24) is 4.90 Å². The van der Waals surface area contributed by atoms with Gasteiger partial charge in [0.2, 0.25) is 5.91 Å². The third kappa shape index (κ3) is 3.18. The lowest BCUT2D eigenvalue weighted by Gasteiger charge is -2.33. The molecule has 1 saturated carbocycles. The van der Waals surface area contributed by atoms with Crippen LogP contribution in [-0.4, -0.2) is 29.9 Å². The zero-order chi connectivity index (χ0) is 12.5. The van der Waals surface area contributed by atoms with Crippen molar-refractivity contribution in [3.8, 4) is 0 Å². The second kappa shape index (κ2) is 6.25. The molecule has 2 rings (SSSR count). The Bertz CT molecular complexity index is 288. The molecule has 0 radical (unpaired) electrons. The van der Waals surface area contributed by atoms with Crippen molar-refractivity contribution in [2.75, 3.05) is 13.1 Å². The highest BCUT2D eigenvalue weighted by Crippen LogP contribution is 2.43. The van der Waals surface area contributed by atoms with Crippen molar-refractivity contribution in [1.29, 1.82) is 0 Å². The molecular weight excluding hydrogens is 248 g/mol. The van der Waals surface area contributed by atoms with E-state index in [0.29, 0.717) is 5.41 Å². The van der Waals surface area contributed by atoms with Crippen LogP contribution in [0.25, 0.3) is 0 Å². The van der Waals surface area contributed by atoms with Gasteiger partial charge in [-0.1, -0.05) is 33.1 Å². The number of likely N-dealkylation sites (tertiary alicyclic amines) is 1. The Hall–Kier alpha value is -0.280. The van der Waals surface area contributed by atoms with Gasteiger partial charge in [-0.2, -0.15) is 0 Å². The van der Waals surface area contributed by atoms with Crippen molar-refractivity contribution >= 4 is 18.3 Å². The maximum Gasteiger partial charge on any atom is 0.239 e. The van der Waals surface area contributed by atoms with E-state index in [0.717, 1.165) is 13.1 Å². The summed E-state index contributed by atoms with van der Waals surface area (Å²) < 4.78 is 0. The van der Waals surface area contributed by atoms with Crippen molar-refractivity contribution in [2.24, 2.45) is 17.1 Å². The van der Waals surface area contributed by atoms with Gasteiger partial charge in [-0.25, -0.2) is 0 Å². The third-order valence-corrected chi connectivity index (χ3v) is 4.67. The quantitative estimate of drug-likeness (QED) is 0.841. The summed E-state index contributed by atoms with van der Waals surface area (Å²) in [5.74, 6) is 0.410. The third-order valence-electron chi connectivity index (χ3n) is 4.67. The second-order valence-corrected chi connectivity index (χ2v) is 6.34. The molecule has 1 heterocycles. The Morgan fingerprint density at radius 2 is 1.78 bits per heavy atom. The molecule has 1 aliphatic heterocycles. The molecule has 1 amide bonds. The first kappa shape index (κ1) is 15.8. The molecule has 18 heavy (non-hydrogen) atoms. The van der Waals surface area contributed by atoms with E-state index in [4.69, 9.17) is 5.73 Å². The van der Waals surface area contributed by atoms with Crippen molar-refractivity contribution in [2.45, 2.75) is 58.4 Å². The normalized spacial score (nSPS) is 24.1. The number of rotatable bonds is 2. The molecule has 0 aromatic heterocycles. The summed E-state index contributed by atoms with van der Waals surface area (Å²) in [6.45, 7) is 5.94. The Kier molecular flexibility index (Phi) is 5.47. The molecule has 0 aromatic rings. The average molecular weight is 275 g/mol. The number of amides is 1. The van der Waals surface area contributed by atoms with Crippen LogP contribution in [0.15, 0.2) is 0 Å². The smallest absolute Gasteiger partial charge is 0.239 e. The number of carbonyl (C=O) groups excluding carboxylic acids is 1. The number of carbonyl (C=O) groups is 1. The van der Waals surface area contributed by atoms with Crippen LogP contribution in [0.3, 0.4) is 0 Å². The van der Waals surface area contributed by atoms with Crippen LogP contribution in [0, 0.1) is 11.3 Å². The van der Waals surface area contributed by atoms with Gasteiger partial charge in [-0.05, 0) is 30.6 Å². The molecule has 0 unspecified atom stereocenters. The number of halogens is 1. The Balaban J connectivity index is 0.00000162. The predicted molar refractivity (Wildman–Crippen MR) is 76.8 cm³/mol. The number of nitrogens with zero attached hydrogens (tertiary/aromatic N) is 1. The van der Waals surface area contributed by atoms with E-state index in [2.05, 4.69) is 0 Å². The zero-order valence-electron chi connectivity index (χ0n) is 11.7. The number of nitrogens with two attached hydrogens (primary N) is 1. The summed E-state index contributed by atoms with van der Waals surface area (Å²) in [5.41, 5.74) is 6.42. The van der Waals surface area contributed by atoms with Crippen LogP contribution in [0.1, 0.15) is 52.4 Å². The lowest BCUT2D eigenvalue weighted by Crippen LogP contribution is -2.46. The van der Waals surface area contributed by atoms with Crippen molar-refractivity contribution < 1.29 is 4.79 Å². The summed E-state index contributed by atoms with van der Waals surface area (Å²) in [6.07, 6.45) is 7.89. The van der Waals surface area contributed by atoms with E-state index in [-0.39, 0.29) is 30.3 Å². The van der Waals surface area contributed by atoms with Gasteiger partial charge in [-0.15, -0.1) is 12.4 Å². The van der Waals surface area contributed by atoms with Crippen molar-refractivity contribution in [3.63, 3.8) is 0 Å². The van der Waals surface area contributed by atoms with E-state index < -0.39 is 0 Å². The first-order chi connectivity index (χ1) is 8.04. The molecule has 0 bridgehead atoms. The average Bonchev–Trinajstić information content (AvgIpc) is 2.72. The van der Waals surface area contributed by atoms with Gasteiger partial charge in [0, 0.05) is 13.1 Å². The van der Waals surface area contributed by atoms with E-state index in [1.165, 1.54) is 38.5 Å². The van der Waals surface area contributed by atoms with Gasteiger partial charge in [0.25, 0.3) is 0 Å². The lowest BCUT2D eigenvalue weighted by molar-refractivity contribution is -0.133. The van der Waals surface area contributed by atoms with Gasteiger partial charge >= 0.3 is 0 Å². The summed E-state index contributed by atoms with van der Waals surface area (Å²) in [5, 5.41) is 0. The Morgan fingerprint density at radius 1 is 1.17 bits per heavy atom. The maximum absolute atomic E-state index is 12.2. The molecule has 106 valence electrons. The van der Waals surface area contributed by atoms with Crippen molar-refractivity contribution in [3.05, 3.63) is 0 Å². The Labute approximate surface area is 117 Å². The highest BCUT2D eigenvalue weighted by molar-refractivity contribution is 5.85. The molecule has 2 fully saturated rings. The SMILES string of the molecule is CC(C)[C@@H](N)C(=O)N1CCC2(CCCCC2)C1.Cl. The Morgan fingerprint density at radius 3 is 2.33 bits per heavy atom. The standard InChI is InChI=1S/C14H26N2O.ClH/c1-11(2)12(15)13(17)16-9-8-14(10-16)6-4-3-5-7-14;/h11-12H,3-10,15H2,1-2H3;1H/t12-;/m1./s1. The molecule has 1 saturated heterocycles. The first-order valence-corrected chi connectivity index (χ1v) is 7.08. The monoisotopic (exact) mass is 274 g/mol. The van der Waals surface area contributed by atoms with Crippen LogP contribution < -0.4 is 5.73 Å². The summed E-state index contributed by atoms with van der Waals surface area (Å²) in [4.78, 5) is 14.2. The molecule has 2 aliphatic rings. The fourth-order valence-corrected chi connectivity index (χ4v) is 3.33. The van der Waals surface area contributed by atoms with Crippen LogP contribution in [0.2, 0.25) is 0 Å². The molecule has 1 atom stereocenters. The zero-order valence-corrected chi connectivity index (χ0v) is 12.5. The number of hydrogen-bond donors (Lipinski definition) is 1. The van der Waals surface area contributed by atoms with Gasteiger partial charge in [0.15, 0.2) is 0 Å². The van der Waals surface area contributed by atoms with E-state index in [9.17, 15) is 4.79 Å². The van der Waals surface area contributed by atoms with Gasteiger partial charge in [0.05, 0.1) is 6.04 Å². The maximum atomic E-state index is 12.2. The van der Waals surface area contributed by atoms with Gasteiger partial charge in [0.1, 0.15) is 0 Å². The van der Waals surface area contributed by atoms with E-state index >= 15 is 0 Å². The minimum absolute atomic E-state index is 0. The summed E-state index contributed by atoms with van der Waals surface area (Å²) >= 11 is 0. The topological polar surface area (TPSA) is 46.3 Å². The molecule has 0 aromatic carbocycles.